The Labute approximate surface area is 123 Å². The lowest BCUT2D eigenvalue weighted by molar-refractivity contribution is 0.757. The van der Waals surface area contributed by atoms with Crippen LogP contribution in [0.1, 0.15) is 11.3 Å². The monoisotopic (exact) mass is 309 g/mol. The van der Waals surface area contributed by atoms with Crippen molar-refractivity contribution in [3.8, 4) is 0 Å². The van der Waals surface area contributed by atoms with E-state index < -0.39 is 0 Å². The van der Waals surface area contributed by atoms with Gasteiger partial charge in [-0.2, -0.15) is 5.10 Å². The lowest BCUT2D eigenvalue weighted by atomic mass is 10.3. The maximum atomic E-state index is 6.22. The van der Waals surface area contributed by atoms with Gasteiger partial charge in [-0.25, -0.2) is 10.1 Å². The van der Waals surface area contributed by atoms with Crippen LogP contribution < -0.4 is 5.73 Å². The molecule has 3 aromatic heterocycles. The van der Waals surface area contributed by atoms with Gasteiger partial charge in [0.05, 0.1) is 5.69 Å². The van der Waals surface area contributed by atoms with Gasteiger partial charge in [0, 0.05) is 23.3 Å². The Morgan fingerprint density at radius 1 is 1.50 bits per heavy atom. The van der Waals surface area contributed by atoms with Crippen molar-refractivity contribution in [3.63, 3.8) is 0 Å². The smallest absolute Gasteiger partial charge is 0.179 e. The minimum absolute atomic E-state index is 0.431. The molecule has 0 saturated carbocycles. The number of H-pyrrole nitrogens is 1. The number of pyridine rings is 1. The first-order valence-corrected chi connectivity index (χ1v) is 7.20. The normalized spacial score (nSPS) is 11.3. The van der Waals surface area contributed by atoms with E-state index in [9.17, 15) is 0 Å². The predicted octanol–water partition coefficient (Wildman–Crippen LogP) is 1.92. The van der Waals surface area contributed by atoms with Gasteiger partial charge in [-0.3, -0.25) is 4.68 Å². The Kier molecular flexibility index (Phi) is 3.27. The summed E-state index contributed by atoms with van der Waals surface area (Å²) in [5.41, 5.74) is 8.99. The van der Waals surface area contributed by atoms with Crippen molar-refractivity contribution in [2.45, 2.75) is 17.6 Å². The molecule has 0 unspecified atom stereocenters. The van der Waals surface area contributed by atoms with E-state index in [0.29, 0.717) is 27.9 Å². The lowest BCUT2D eigenvalue weighted by Gasteiger charge is -2.03. The van der Waals surface area contributed by atoms with Gasteiger partial charge in [-0.05, 0) is 13.0 Å². The summed E-state index contributed by atoms with van der Waals surface area (Å²) in [7, 11) is 1.82. The molecule has 0 radical (unpaired) electrons. The standard InChI is InChI=1S/C11H12ClN7S/c1-5-6(10(12)19(2)17-5)4-20-7-3-8(13)14-11-9(7)15-18-16-11/h3H,4H2,1-2H3,(H3,13,14,15,16,18). The van der Waals surface area contributed by atoms with Crippen molar-refractivity contribution in [1.29, 1.82) is 0 Å². The number of fused-ring (bicyclic) bond motifs is 1. The van der Waals surface area contributed by atoms with E-state index >= 15 is 0 Å². The Bertz CT molecular complexity index is 779. The van der Waals surface area contributed by atoms with E-state index in [4.69, 9.17) is 17.3 Å². The fourth-order valence-corrected chi connectivity index (χ4v) is 3.37. The maximum Gasteiger partial charge on any atom is 0.179 e. The fourth-order valence-electron chi connectivity index (χ4n) is 1.93. The number of hydrogen-bond acceptors (Lipinski definition) is 6. The molecule has 3 N–H and O–H groups in total. The van der Waals surface area contributed by atoms with Crippen LogP contribution in [0.3, 0.4) is 0 Å². The van der Waals surface area contributed by atoms with Crippen LogP contribution in [0.4, 0.5) is 5.82 Å². The first-order chi connectivity index (χ1) is 9.56. The Balaban J connectivity index is 1.92. The molecule has 0 amide bonds. The molecule has 9 heteroatoms. The first-order valence-electron chi connectivity index (χ1n) is 5.84. The average molecular weight is 310 g/mol. The molecular formula is C11H12ClN7S. The minimum Gasteiger partial charge on any atom is -0.384 e. The van der Waals surface area contributed by atoms with Crippen LogP contribution >= 0.6 is 23.4 Å². The zero-order valence-electron chi connectivity index (χ0n) is 10.9. The van der Waals surface area contributed by atoms with Gasteiger partial charge in [0.1, 0.15) is 16.5 Å². The quantitative estimate of drug-likeness (QED) is 0.717. The van der Waals surface area contributed by atoms with E-state index in [1.807, 2.05) is 14.0 Å². The number of nitrogen functional groups attached to an aromatic ring is 1. The van der Waals surface area contributed by atoms with Gasteiger partial charge in [-0.1, -0.05) is 16.8 Å². The zero-order chi connectivity index (χ0) is 14.3. The van der Waals surface area contributed by atoms with Crippen molar-refractivity contribution < 1.29 is 0 Å². The zero-order valence-corrected chi connectivity index (χ0v) is 12.5. The molecule has 0 atom stereocenters. The number of rotatable bonds is 3. The molecule has 3 aromatic rings. The molecule has 20 heavy (non-hydrogen) atoms. The van der Waals surface area contributed by atoms with Gasteiger partial charge in [-0.15, -0.1) is 16.9 Å². The van der Waals surface area contributed by atoms with Crippen LogP contribution in [0.2, 0.25) is 5.15 Å². The van der Waals surface area contributed by atoms with Gasteiger partial charge in [0.15, 0.2) is 5.65 Å². The number of nitrogens with one attached hydrogen (secondary N) is 1. The number of aromatic nitrogens is 6. The van der Waals surface area contributed by atoms with E-state index in [0.717, 1.165) is 16.2 Å². The van der Waals surface area contributed by atoms with Crippen molar-refractivity contribution in [3.05, 3.63) is 22.5 Å². The third kappa shape index (κ3) is 2.20. The highest BCUT2D eigenvalue weighted by atomic mass is 35.5. The van der Waals surface area contributed by atoms with E-state index in [1.54, 1.807) is 22.5 Å². The molecule has 3 rings (SSSR count). The number of nitrogens with two attached hydrogens (primary N) is 1. The van der Waals surface area contributed by atoms with Crippen LogP contribution in [0.15, 0.2) is 11.0 Å². The second kappa shape index (κ2) is 4.95. The largest absolute Gasteiger partial charge is 0.384 e. The third-order valence-electron chi connectivity index (χ3n) is 2.93. The summed E-state index contributed by atoms with van der Waals surface area (Å²) in [6.07, 6.45) is 0. The third-order valence-corrected chi connectivity index (χ3v) is 4.45. The summed E-state index contributed by atoms with van der Waals surface area (Å²) < 4.78 is 1.67. The summed E-state index contributed by atoms with van der Waals surface area (Å²) in [6.45, 7) is 1.94. The number of halogens is 1. The Morgan fingerprint density at radius 2 is 2.30 bits per heavy atom. The Morgan fingerprint density at radius 3 is 3.00 bits per heavy atom. The van der Waals surface area contributed by atoms with Gasteiger partial charge < -0.3 is 5.73 Å². The lowest BCUT2D eigenvalue weighted by Crippen LogP contribution is -1.92. The summed E-state index contributed by atoms with van der Waals surface area (Å²) in [5.74, 6) is 1.12. The predicted molar refractivity (Wildman–Crippen MR) is 78.6 cm³/mol. The fraction of sp³-hybridized carbons (Fsp3) is 0.273. The van der Waals surface area contributed by atoms with Crippen LogP contribution in [0, 0.1) is 6.92 Å². The van der Waals surface area contributed by atoms with Crippen molar-refractivity contribution >= 4 is 40.3 Å². The molecule has 3 heterocycles. The molecule has 0 fully saturated rings. The van der Waals surface area contributed by atoms with Gasteiger partial charge in [0.2, 0.25) is 0 Å². The molecule has 0 aromatic carbocycles. The summed E-state index contributed by atoms with van der Waals surface area (Å²) >= 11 is 7.81. The molecule has 104 valence electrons. The number of nitrogens with zero attached hydrogens (tertiary/aromatic N) is 5. The SMILES string of the molecule is Cc1nn(C)c(Cl)c1CSc1cc(N)nc2[nH]nnc12. The molecule has 7 nitrogen and oxygen atoms in total. The number of aromatic amines is 1. The molecule has 0 aliphatic carbocycles. The van der Waals surface area contributed by atoms with Crippen LogP contribution in [-0.2, 0) is 12.8 Å². The number of aryl methyl sites for hydroxylation is 2. The van der Waals surface area contributed by atoms with Gasteiger partial charge >= 0.3 is 0 Å². The maximum absolute atomic E-state index is 6.22. The second-order valence-corrected chi connectivity index (χ2v) is 5.70. The molecule has 0 spiro atoms. The molecule has 0 aliphatic heterocycles. The van der Waals surface area contributed by atoms with Crippen molar-refractivity contribution in [1.82, 2.24) is 30.2 Å². The van der Waals surface area contributed by atoms with E-state index in [-0.39, 0.29) is 0 Å². The summed E-state index contributed by atoms with van der Waals surface area (Å²) in [5, 5.41) is 15.4. The summed E-state index contributed by atoms with van der Waals surface area (Å²) in [6, 6.07) is 1.79. The number of hydrogen-bond donors (Lipinski definition) is 2. The first kappa shape index (κ1) is 13.2. The van der Waals surface area contributed by atoms with Crippen LogP contribution in [0.5, 0.6) is 0 Å². The molecule has 0 saturated heterocycles. The van der Waals surface area contributed by atoms with Crippen molar-refractivity contribution in [2.24, 2.45) is 7.05 Å². The van der Waals surface area contributed by atoms with Crippen LogP contribution in [0.25, 0.3) is 11.2 Å². The van der Waals surface area contributed by atoms with Crippen LogP contribution in [-0.4, -0.2) is 30.2 Å². The molecule has 0 bridgehead atoms. The average Bonchev–Trinajstić information content (AvgIpc) is 2.94. The van der Waals surface area contributed by atoms with E-state index in [1.165, 1.54) is 0 Å². The highest BCUT2D eigenvalue weighted by molar-refractivity contribution is 7.98. The van der Waals surface area contributed by atoms with Gasteiger partial charge in [0.25, 0.3) is 0 Å². The van der Waals surface area contributed by atoms with E-state index in [2.05, 4.69) is 25.5 Å². The summed E-state index contributed by atoms with van der Waals surface area (Å²) in [4.78, 5) is 5.05. The minimum atomic E-state index is 0.431. The second-order valence-electron chi connectivity index (χ2n) is 4.32. The topological polar surface area (TPSA) is 98.3 Å². The molecular weight excluding hydrogens is 298 g/mol. The Hall–Kier alpha value is -1.80. The number of anilines is 1. The highest BCUT2D eigenvalue weighted by Crippen LogP contribution is 2.32. The van der Waals surface area contributed by atoms with Crippen molar-refractivity contribution in [2.75, 3.05) is 5.73 Å². The number of thioether (sulfide) groups is 1. The molecule has 0 aliphatic rings. The highest BCUT2D eigenvalue weighted by Gasteiger charge is 2.14.